The zero-order chi connectivity index (χ0) is 9.94. The maximum atomic E-state index is 10.6. The van der Waals surface area contributed by atoms with Crippen LogP contribution in [-0.2, 0) is 4.79 Å². The van der Waals surface area contributed by atoms with Crippen LogP contribution in [0.15, 0.2) is 12.7 Å². The molecule has 6 heteroatoms. The molecule has 0 fully saturated rings. The lowest BCUT2D eigenvalue weighted by Crippen LogP contribution is -2.37. The number of rotatable bonds is 8. The zero-order valence-electron chi connectivity index (χ0n) is 7.41. The highest BCUT2D eigenvalue weighted by Gasteiger charge is 1.92. The van der Waals surface area contributed by atoms with Crippen LogP contribution in [-0.4, -0.2) is 30.5 Å². The lowest BCUT2D eigenvalue weighted by atomic mass is 10.6. The molecule has 0 saturated heterocycles. The van der Waals surface area contributed by atoms with Crippen LogP contribution < -0.4 is 16.6 Å². The highest BCUT2D eigenvalue weighted by atomic mass is 33.1. The number of carbonyl (C=O) groups is 1. The van der Waals surface area contributed by atoms with E-state index in [4.69, 9.17) is 5.73 Å². The predicted molar refractivity (Wildman–Crippen MR) is 60.3 cm³/mol. The summed E-state index contributed by atoms with van der Waals surface area (Å²) >= 11 is 0. The molecular weight excluding hydrogens is 206 g/mol. The monoisotopic (exact) mass is 221 g/mol. The van der Waals surface area contributed by atoms with E-state index in [2.05, 4.69) is 17.4 Å². The van der Waals surface area contributed by atoms with Gasteiger partial charge in [0.1, 0.15) is 0 Å². The molecule has 4 N–H and O–H groups in total. The highest BCUT2D eigenvalue weighted by molar-refractivity contribution is 8.76. The Bertz CT molecular complexity index is 155. The Morgan fingerprint density at radius 1 is 1.46 bits per heavy atom. The van der Waals surface area contributed by atoms with Gasteiger partial charge in [0.2, 0.25) is 0 Å². The Morgan fingerprint density at radius 3 is 2.77 bits per heavy atom. The van der Waals surface area contributed by atoms with Crippen LogP contribution in [0.25, 0.3) is 0 Å². The third-order valence-corrected chi connectivity index (χ3v) is 3.43. The summed E-state index contributed by atoms with van der Waals surface area (Å²) in [6.45, 7) is 4.77. The molecule has 0 atom stereocenters. The second-order valence-electron chi connectivity index (χ2n) is 2.05. The number of nitrogens with one attached hydrogen (secondary N) is 2. The summed E-state index contributed by atoms with van der Waals surface area (Å²) in [6, 6.07) is 0. The summed E-state index contributed by atoms with van der Waals surface area (Å²) in [5, 5.41) is 0. The van der Waals surface area contributed by atoms with Crippen LogP contribution in [0, 0.1) is 0 Å². The van der Waals surface area contributed by atoms with Crippen LogP contribution in [0.1, 0.15) is 0 Å². The van der Waals surface area contributed by atoms with Crippen LogP contribution in [0.4, 0.5) is 0 Å². The van der Waals surface area contributed by atoms with Crippen LogP contribution in [0.3, 0.4) is 0 Å². The van der Waals surface area contributed by atoms with E-state index in [9.17, 15) is 4.79 Å². The zero-order valence-corrected chi connectivity index (χ0v) is 9.05. The topological polar surface area (TPSA) is 67.2 Å². The molecule has 0 unspecified atom stereocenters. The molecule has 0 spiro atoms. The van der Waals surface area contributed by atoms with Gasteiger partial charge < -0.3 is 5.73 Å². The van der Waals surface area contributed by atoms with Gasteiger partial charge in [-0.15, -0.1) is 0 Å². The number of nitrogens with two attached hydrogens (primary N) is 1. The summed E-state index contributed by atoms with van der Waals surface area (Å²) in [6.07, 6.45) is 1.23. The van der Waals surface area contributed by atoms with Crippen molar-refractivity contribution in [3.05, 3.63) is 12.7 Å². The fourth-order valence-electron chi connectivity index (χ4n) is 0.459. The minimum Gasteiger partial charge on any atom is -0.330 e. The minimum atomic E-state index is -0.209. The molecule has 13 heavy (non-hydrogen) atoms. The molecule has 1 amide bonds. The Kier molecular flexibility index (Phi) is 9.78. The molecule has 0 saturated carbocycles. The predicted octanol–water partition coefficient (Wildman–Crippen LogP) is 0.133. The van der Waals surface area contributed by atoms with E-state index >= 15 is 0 Å². The van der Waals surface area contributed by atoms with Gasteiger partial charge in [-0.3, -0.25) is 10.2 Å². The third-order valence-electron chi connectivity index (χ3n) is 0.992. The van der Waals surface area contributed by atoms with Crippen molar-refractivity contribution in [3.63, 3.8) is 0 Å². The number of hydrogen-bond acceptors (Lipinski definition) is 5. The van der Waals surface area contributed by atoms with Crippen molar-refractivity contribution in [2.45, 2.75) is 0 Å². The van der Waals surface area contributed by atoms with Gasteiger partial charge >= 0.3 is 0 Å². The first-order chi connectivity index (χ1) is 6.31. The first-order valence-corrected chi connectivity index (χ1v) is 6.39. The van der Waals surface area contributed by atoms with Crippen molar-refractivity contribution in [1.82, 2.24) is 10.9 Å². The SMILES string of the molecule is C=CC(=O)NNCCSSCCN. The van der Waals surface area contributed by atoms with Crippen molar-refractivity contribution < 1.29 is 4.79 Å². The first-order valence-electron chi connectivity index (χ1n) is 3.91. The fraction of sp³-hybridized carbons (Fsp3) is 0.571. The highest BCUT2D eigenvalue weighted by Crippen LogP contribution is 2.18. The average molecular weight is 221 g/mol. The van der Waals surface area contributed by atoms with Crippen molar-refractivity contribution in [1.29, 1.82) is 0 Å². The van der Waals surface area contributed by atoms with Gasteiger partial charge in [-0.1, -0.05) is 28.2 Å². The van der Waals surface area contributed by atoms with Crippen LogP contribution in [0.2, 0.25) is 0 Å². The molecule has 4 nitrogen and oxygen atoms in total. The number of hydrazine groups is 1. The molecule has 0 aliphatic carbocycles. The van der Waals surface area contributed by atoms with E-state index < -0.39 is 0 Å². The van der Waals surface area contributed by atoms with Gasteiger partial charge in [-0.05, 0) is 6.08 Å². The summed E-state index contributed by atoms with van der Waals surface area (Å²) in [5.41, 5.74) is 10.6. The third kappa shape index (κ3) is 9.75. The van der Waals surface area contributed by atoms with Crippen molar-refractivity contribution in [2.24, 2.45) is 5.73 Å². The van der Waals surface area contributed by atoms with E-state index in [1.54, 1.807) is 21.6 Å². The molecular formula is C7H15N3OS2. The van der Waals surface area contributed by atoms with E-state index in [1.165, 1.54) is 6.08 Å². The molecule has 0 aliphatic heterocycles. The van der Waals surface area contributed by atoms with Crippen molar-refractivity contribution >= 4 is 27.5 Å². The lowest BCUT2D eigenvalue weighted by molar-refractivity contribution is -0.117. The largest absolute Gasteiger partial charge is 0.330 e. The molecule has 0 rings (SSSR count). The quantitative estimate of drug-likeness (QED) is 0.235. The maximum absolute atomic E-state index is 10.6. The van der Waals surface area contributed by atoms with Gasteiger partial charge in [0, 0.05) is 24.6 Å². The fourth-order valence-corrected chi connectivity index (χ4v) is 2.22. The molecule has 76 valence electrons. The maximum Gasteiger partial charge on any atom is 0.257 e. The van der Waals surface area contributed by atoms with Crippen molar-refractivity contribution in [3.8, 4) is 0 Å². The van der Waals surface area contributed by atoms with Crippen molar-refractivity contribution in [2.75, 3.05) is 24.6 Å². The number of amides is 1. The lowest BCUT2D eigenvalue weighted by Gasteiger charge is -2.03. The standard InChI is InChI=1S/C7H15N3OS2/c1-2-7(11)10-9-4-6-13-12-5-3-8/h2,9H,1,3-6,8H2,(H,10,11). The second kappa shape index (κ2) is 9.91. The molecule has 0 aliphatic rings. The summed E-state index contributed by atoms with van der Waals surface area (Å²) < 4.78 is 0. The minimum absolute atomic E-state index is 0.209. The van der Waals surface area contributed by atoms with Gasteiger partial charge in [0.25, 0.3) is 5.91 Å². The molecule has 0 radical (unpaired) electrons. The summed E-state index contributed by atoms with van der Waals surface area (Å²) in [7, 11) is 3.47. The Labute approximate surface area is 86.5 Å². The van der Waals surface area contributed by atoms with Gasteiger partial charge in [-0.2, -0.15) is 0 Å². The Hall–Kier alpha value is -0.170. The number of carbonyl (C=O) groups excluding carboxylic acids is 1. The van der Waals surface area contributed by atoms with E-state index in [-0.39, 0.29) is 5.91 Å². The molecule has 0 aromatic rings. The average Bonchev–Trinajstić information content (AvgIpc) is 2.16. The summed E-state index contributed by atoms with van der Waals surface area (Å²) in [4.78, 5) is 10.6. The molecule has 0 aromatic heterocycles. The number of hydrogen-bond donors (Lipinski definition) is 3. The summed E-state index contributed by atoms with van der Waals surface area (Å²) in [5.74, 6) is 1.69. The molecule has 0 bridgehead atoms. The van der Waals surface area contributed by atoms with Crippen LogP contribution in [0.5, 0.6) is 0 Å². The van der Waals surface area contributed by atoms with E-state index in [0.717, 1.165) is 18.1 Å². The van der Waals surface area contributed by atoms with E-state index in [1.807, 2.05) is 0 Å². The van der Waals surface area contributed by atoms with Gasteiger partial charge in [0.15, 0.2) is 0 Å². The smallest absolute Gasteiger partial charge is 0.257 e. The van der Waals surface area contributed by atoms with Crippen LogP contribution >= 0.6 is 21.6 Å². The second-order valence-corrected chi connectivity index (χ2v) is 4.75. The van der Waals surface area contributed by atoms with Gasteiger partial charge in [-0.25, -0.2) is 5.43 Å². The Morgan fingerprint density at radius 2 is 2.15 bits per heavy atom. The molecule has 0 heterocycles. The first kappa shape index (κ1) is 12.8. The normalized spacial score (nSPS) is 9.62. The van der Waals surface area contributed by atoms with E-state index in [0.29, 0.717) is 6.54 Å². The molecule has 0 aromatic carbocycles. The van der Waals surface area contributed by atoms with Gasteiger partial charge in [0.05, 0.1) is 0 Å². The Balaban J connectivity index is 2.99.